The van der Waals surface area contributed by atoms with E-state index in [1.54, 1.807) is 11.8 Å². The molecule has 0 heterocycles. The molecule has 0 aliphatic heterocycles. The maximum Gasteiger partial charge on any atom is 0.0610 e. The van der Waals surface area contributed by atoms with Crippen molar-refractivity contribution in [3.05, 3.63) is 29.3 Å². The van der Waals surface area contributed by atoms with Crippen molar-refractivity contribution >= 4 is 23.4 Å². The molecule has 1 rings (SSSR count). The van der Waals surface area contributed by atoms with E-state index in [9.17, 15) is 5.11 Å². The summed E-state index contributed by atoms with van der Waals surface area (Å²) in [6.07, 6.45) is 0.910. The molecule has 0 radical (unpaired) electrons. The topological polar surface area (TPSA) is 32.3 Å². The third-order valence-corrected chi connectivity index (χ3v) is 4.22. The average Bonchev–Trinajstić information content (AvgIpc) is 2.32. The molecule has 0 amide bonds. The third kappa shape index (κ3) is 4.88. The summed E-state index contributed by atoms with van der Waals surface area (Å²) in [6, 6.07) is 7.85. The Balaban J connectivity index is 2.44. The molecule has 1 aromatic rings. The molecule has 0 spiro atoms. The molecule has 0 aliphatic rings. The van der Waals surface area contributed by atoms with Gasteiger partial charge < -0.3 is 10.4 Å². The molecule has 0 bridgehead atoms. The molecule has 0 aromatic heterocycles. The van der Waals surface area contributed by atoms with E-state index in [1.807, 2.05) is 31.2 Å². The minimum atomic E-state index is -0.191. The van der Waals surface area contributed by atoms with Crippen LogP contribution < -0.4 is 5.32 Å². The van der Waals surface area contributed by atoms with Crippen molar-refractivity contribution in [3.8, 4) is 0 Å². The first-order valence-electron chi connectivity index (χ1n) is 5.84. The van der Waals surface area contributed by atoms with Gasteiger partial charge in [-0.1, -0.05) is 30.7 Å². The number of benzene rings is 1. The van der Waals surface area contributed by atoms with Crippen molar-refractivity contribution in [1.29, 1.82) is 0 Å². The van der Waals surface area contributed by atoms with Gasteiger partial charge in [-0.25, -0.2) is 0 Å². The van der Waals surface area contributed by atoms with E-state index in [2.05, 4.69) is 12.2 Å². The van der Waals surface area contributed by atoms with Crippen LogP contribution in [0.15, 0.2) is 29.2 Å². The van der Waals surface area contributed by atoms with Gasteiger partial charge in [0.2, 0.25) is 0 Å². The Hall–Kier alpha value is -0.220. The molecule has 0 saturated heterocycles. The fraction of sp³-hybridized carbons (Fsp3) is 0.538. The van der Waals surface area contributed by atoms with E-state index in [0.29, 0.717) is 0 Å². The van der Waals surface area contributed by atoms with Gasteiger partial charge in [0.15, 0.2) is 0 Å². The Bertz CT molecular complexity index is 348. The van der Waals surface area contributed by atoms with Gasteiger partial charge in [0.05, 0.1) is 11.6 Å². The van der Waals surface area contributed by atoms with Crippen molar-refractivity contribution < 1.29 is 5.11 Å². The minimum absolute atomic E-state index is 0.157. The van der Waals surface area contributed by atoms with Crippen molar-refractivity contribution in [3.63, 3.8) is 0 Å². The summed E-state index contributed by atoms with van der Waals surface area (Å²) in [6.45, 7) is 5.12. The molecule has 96 valence electrons. The molecule has 1 aromatic carbocycles. The molecular formula is C13H20ClNOS. The summed E-state index contributed by atoms with van der Waals surface area (Å²) in [5, 5.41) is 13.5. The highest BCUT2D eigenvalue weighted by Gasteiger charge is 2.21. The lowest BCUT2D eigenvalue weighted by Crippen LogP contribution is -2.46. The van der Waals surface area contributed by atoms with Gasteiger partial charge in [0.1, 0.15) is 0 Å². The fourth-order valence-electron chi connectivity index (χ4n) is 1.60. The Kier molecular flexibility index (Phi) is 6.34. The largest absolute Gasteiger partial charge is 0.394 e. The minimum Gasteiger partial charge on any atom is -0.394 e. The molecule has 17 heavy (non-hydrogen) atoms. The summed E-state index contributed by atoms with van der Waals surface area (Å²) in [7, 11) is 0. The number of nitrogens with one attached hydrogen (secondary N) is 1. The van der Waals surface area contributed by atoms with E-state index in [1.165, 1.54) is 0 Å². The molecule has 1 unspecified atom stereocenters. The van der Waals surface area contributed by atoms with Crippen LogP contribution in [-0.4, -0.2) is 29.5 Å². The first kappa shape index (κ1) is 14.8. The van der Waals surface area contributed by atoms with Crippen LogP contribution in [0.25, 0.3) is 0 Å². The Morgan fingerprint density at radius 2 is 2.12 bits per heavy atom. The lowest BCUT2D eigenvalue weighted by molar-refractivity contribution is 0.173. The van der Waals surface area contributed by atoms with Gasteiger partial charge in [0.25, 0.3) is 0 Å². The van der Waals surface area contributed by atoms with Gasteiger partial charge in [-0.15, -0.1) is 11.8 Å². The van der Waals surface area contributed by atoms with E-state index >= 15 is 0 Å². The first-order chi connectivity index (χ1) is 8.11. The van der Waals surface area contributed by atoms with Crippen molar-refractivity contribution in [2.75, 3.05) is 18.9 Å². The number of likely N-dealkylation sites (N-methyl/N-ethyl adjacent to an activating group) is 1. The van der Waals surface area contributed by atoms with Crippen LogP contribution >= 0.6 is 23.4 Å². The lowest BCUT2D eigenvalue weighted by atomic mass is 10.0. The van der Waals surface area contributed by atoms with Crippen LogP contribution in [0, 0.1) is 0 Å². The smallest absolute Gasteiger partial charge is 0.0610 e. The summed E-state index contributed by atoms with van der Waals surface area (Å²) in [5.41, 5.74) is -0.191. The normalized spacial score (nSPS) is 14.6. The molecule has 4 heteroatoms. The second-order valence-corrected chi connectivity index (χ2v) is 5.82. The summed E-state index contributed by atoms with van der Waals surface area (Å²) in [5.74, 6) is 0.938. The van der Waals surface area contributed by atoms with E-state index in [4.69, 9.17) is 11.6 Å². The predicted octanol–water partition coefficient (Wildman–Crippen LogP) is 3.18. The molecule has 0 aliphatic carbocycles. The van der Waals surface area contributed by atoms with Gasteiger partial charge in [-0.05, 0) is 37.8 Å². The van der Waals surface area contributed by atoms with Crippen LogP contribution in [-0.2, 0) is 0 Å². The number of aliphatic hydroxyl groups is 1. The maximum absolute atomic E-state index is 9.37. The molecule has 1 atom stereocenters. The highest BCUT2D eigenvalue weighted by Crippen LogP contribution is 2.28. The van der Waals surface area contributed by atoms with Crippen LogP contribution in [0.1, 0.15) is 20.3 Å². The van der Waals surface area contributed by atoms with Gasteiger partial charge in [-0.2, -0.15) is 0 Å². The van der Waals surface area contributed by atoms with Crippen LogP contribution in [0.4, 0.5) is 0 Å². The van der Waals surface area contributed by atoms with Crippen LogP contribution in [0.5, 0.6) is 0 Å². The Morgan fingerprint density at radius 1 is 1.41 bits per heavy atom. The SMILES string of the molecule is CCNC(C)(CO)CCSc1ccccc1Cl. The molecular weight excluding hydrogens is 254 g/mol. The zero-order valence-corrected chi connectivity index (χ0v) is 11.9. The zero-order chi connectivity index (χ0) is 12.7. The van der Waals surface area contributed by atoms with Gasteiger partial charge in [0, 0.05) is 10.4 Å². The second-order valence-electron chi connectivity index (χ2n) is 4.28. The van der Waals surface area contributed by atoms with Crippen molar-refractivity contribution in [2.24, 2.45) is 0 Å². The van der Waals surface area contributed by atoms with Crippen LogP contribution in [0.2, 0.25) is 5.02 Å². The summed E-state index contributed by atoms with van der Waals surface area (Å²) >= 11 is 7.82. The van der Waals surface area contributed by atoms with E-state index < -0.39 is 0 Å². The fourth-order valence-corrected chi connectivity index (χ4v) is 3.05. The Morgan fingerprint density at radius 3 is 2.71 bits per heavy atom. The maximum atomic E-state index is 9.37. The highest BCUT2D eigenvalue weighted by atomic mass is 35.5. The number of thioether (sulfide) groups is 1. The number of halogens is 1. The highest BCUT2D eigenvalue weighted by molar-refractivity contribution is 7.99. The lowest BCUT2D eigenvalue weighted by Gasteiger charge is -2.28. The average molecular weight is 274 g/mol. The quantitative estimate of drug-likeness (QED) is 0.749. The summed E-state index contributed by atoms with van der Waals surface area (Å²) < 4.78 is 0. The predicted molar refractivity (Wildman–Crippen MR) is 76.0 cm³/mol. The second kappa shape index (κ2) is 7.27. The number of hydrogen-bond acceptors (Lipinski definition) is 3. The van der Waals surface area contributed by atoms with Crippen molar-refractivity contribution in [2.45, 2.75) is 30.7 Å². The standard InChI is InChI=1S/C13H20ClNOS/c1-3-15-13(2,10-16)8-9-17-12-7-5-4-6-11(12)14/h4-7,15-16H,3,8-10H2,1-2H3. The van der Waals surface area contributed by atoms with Gasteiger partial charge in [-0.3, -0.25) is 0 Å². The number of hydrogen-bond donors (Lipinski definition) is 2. The Labute approximate surface area is 113 Å². The van der Waals surface area contributed by atoms with Gasteiger partial charge >= 0.3 is 0 Å². The summed E-state index contributed by atoms with van der Waals surface area (Å²) in [4.78, 5) is 1.10. The van der Waals surface area contributed by atoms with E-state index in [0.717, 1.165) is 28.6 Å². The zero-order valence-electron chi connectivity index (χ0n) is 10.4. The monoisotopic (exact) mass is 273 g/mol. The molecule has 0 saturated carbocycles. The van der Waals surface area contributed by atoms with E-state index in [-0.39, 0.29) is 12.1 Å². The number of aliphatic hydroxyl groups excluding tert-OH is 1. The molecule has 2 N–H and O–H groups in total. The van der Waals surface area contributed by atoms with Crippen LogP contribution in [0.3, 0.4) is 0 Å². The number of rotatable bonds is 7. The third-order valence-electron chi connectivity index (χ3n) is 2.70. The first-order valence-corrected chi connectivity index (χ1v) is 7.21. The molecule has 0 fully saturated rings. The van der Waals surface area contributed by atoms with Crippen molar-refractivity contribution in [1.82, 2.24) is 5.32 Å². The molecule has 2 nitrogen and oxygen atoms in total.